The highest BCUT2D eigenvalue weighted by Crippen LogP contribution is 2.47. The van der Waals surface area contributed by atoms with E-state index in [1.807, 2.05) is 117 Å². The third-order valence-corrected chi connectivity index (χ3v) is 26.4. The highest BCUT2D eigenvalue weighted by Gasteiger charge is 2.50. The van der Waals surface area contributed by atoms with Gasteiger partial charge in [-0.05, 0) is 231 Å². The number of hydrogen-bond acceptors (Lipinski definition) is 16. The Bertz CT molecular complexity index is 5380. The van der Waals surface area contributed by atoms with Crippen LogP contribution in [-0.4, -0.2) is 163 Å². The molecule has 0 radical (unpaired) electrons. The molecule has 26 heteroatoms. The zero-order chi connectivity index (χ0) is 87.6. The maximum Gasteiger partial charge on any atom is 0.256 e. The minimum Gasteiger partial charge on any atom is -0.477 e. The molecule has 4 unspecified atom stereocenters. The van der Waals surface area contributed by atoms with Crippen molar-refractivity contribution in [3.05, 3.63) is 306 Å². The number of pyridine rings is 6. The van der Waals surface area contributed by atoms with E-state index in [1.54, 1.807) is 36.8 Å². The molecule has 4 amide bonds. The number of benzene rings is 5. The Morgan fingerprint density at radius 1 is 0.315 bits per heavy atom. The maximum absolute atomic E-state index is 14.1. The predicted molar refractivity (Wildman–Crippen MR) is 468 cm³/mol. The Morgan fingerprint density at radius 3 is 1.02 bits per heavy atom. The van der Waals surface area contributed by atoms with Crippen LogP contribution in [0.15, 0.2) is 238 Å². The van der Waals surface area contributed by atoms with Gasteiger partial charge in [0.05, 0.1) is 80.6 Å². The van der Waals surface area contributed by atoms with Crippen molar-refractivity contribution in [2.24, 2.45) is 23.7 Å². The molecule has 8 saturated heterocycles. The zero-order valence-electron chi connectivity index (χ0n) is 71.1. The molecule has 0 saturated carbocycles. The van der Waals surface area contributed by atoms with Crippen LogP contribution in [0.1, 0.15) is 161 Å². The smallest absolute Gasteiger partial charge is 0.256 e. The number of amides is 4. The topological polar surface area (TPSA) is 226 Å². The summed E-state index contributed by atoms with van der Waals surface area (Å²) in [4.78, 5) is 89.3. The highest BCUT2D eigenvalue weighted by atomic mass is 19.1. The molecule has 8 aliphatic rings. The molecular weight excluding hydrogens is 1620 g/mol. The van der Waals surface area contributed by atoms with E-state index in [0.717, 1.165) is 183 Å². The molecule has 12 atom stereocenters. The molecule has 652 valence electrons. The number of aromatic nitrogens is 9. The van der Waals surface area contributed by atoms with E-state index in [4.69, 9.17) is 18.9 Å². The molecule has 0 spiro atoms. The van der Waals surface area contributed by atoms with Crippen LogP contribution >= 0.6 is 0 Å². The van der Waals surface area contributed by atoms with Crippen molar-refractivity contribution in [1.82, 2.24) is 64.5 Å². The van der Waals surface area contributed by atoms with Crippen molar-refractivity contribution >= 4 is 23.6 Å². The number of carbonyl (C=O) groups is 4. The second-order valence-corrected chi connectivity index (χ2v) is 34.3. The van der Waals surface area contributed by atoms with Gasteiger partial charge in [0.15, 0.2) is 0 Å². The summed E-state index contributed by atoms with van der Waals surface area (Å²) in [5, 5.41) is 8.20. The monoisotopic (exact) mass is 1720 g/mol. The van der Waals surface area contributed by atoms with Crippen LogP contribution in [-0.2, 0) is 0 Å². The van der Waals surface area contributed by atoms with Crippen LogP contribution in [0.5, 0.6) is 23.5 Å². The lowest BCUT2D eigenvalue weighted by atomic mass is 9.89. The Labute approximate surface area is 734 Å². The summed E-state index contributed by atoms with van der Waals surface area (Å²) in [6.45, 7) is 7.88. The largest absolute Gasteiger partial charge is 0.477 e. The van der Waals surface area contributed by atoms with Crippen LogP contribution in [0.25, 0.3) is 39.2 Å². The molecule has 127 heavy (non-hydrogen) atoms. The van der Waals surface area contributed by atoms with E-state index >= 15 is 0 Å². The SMILES string of the molecule is Cc1ccc(-c2ccccc2)c(C(=O)N2C3CC[C@H]2CC[C@@H]3COc2ccc(F)cn2)c1.Cc1ccc(-c2ccccn2)c(C(=O)N2C3CC[C@H]2CC[C@@H]3COc2ccc(F)cn2)c1.Cc1ccc(-c2ccncc2)c(C(=O)N2C3CC[C@H]2CC[C@@H]3COc2ccc(F)cn2)c1.O=C(c1cc(F)ccc1-n1nccn1)N1C2CC[C@H]1CC[C@@H]2COc1ccc(F)cn1. The van der Waals surface area contributed by atoms with Crippen molar-refractivity contribution in [1.29, 1.82) is 0 Å². The van der Waals surface area contributed by atoms with Gasteiger partial charge >= 0.3 is 0 Å². The number of rotatable bonds is 20. The molecule has 12 aromatic rings. The average molecular weight is 1720 g/mol. The zero-order valence-corrected chi connectivity index (χ0v) is 71.1. The van der Waals surface area contributed by atoms with Crippen LogP contribution in [0.3, 0.4) is 0 Å². The summed E-state index contributed by atoms with van der Waals surface area (Å²) >= 11 is 0. The van der Waals surface area contributed by atoms with Crippen molar-refractivity contribution in [3.63, 3.8) is 0 Å². The van der Waals surface area contributed by atoms with E-state index in [2.05, 4.69) is 79.1 Å². The van der Waals surface area contributed by atoms with Crippen molar-refractivity contribution in [2.45, 2.75) is 172 Å². The Balaban J connectivity index is 0.000000119. The third-order valence-electron chi connectivity index (χ3n) is 26.4. The maximum atomic E-state index is 14.1. The molecule has 8 bridgehead atoms. The molecule has 8 fully saturated rings. The van der Waals surface area contributed by atoms with E-state index in [0.29, 0.717) is 61.2 Å². The number of nitrogens with zero attached hydrogens (tertiary/aromatic N) is 13. The standard InChI is InChI=1S/C27H27FN2O2.2C26H26FN3O2.C22H21F2N5O2/c1-18-7-12-23(19-5-3-2-4-6-19)24(15-18)27(31)30-22-10-8-20(25(30)13-11-22)17-32-26-14-9-21(28)16-29-26;1-17-2-7-22(18-10-12-28-13-11-18)23(14-17)26(31)30-21-5-3-19(24(30)8-6-21)16-32-25-9-4-20(27)15-29-25;1-17-5-10-21(23-4-2-3-13-28-23)22(14-17)26(31)30-20-8-6-18(24(30)11-9-20)16-32-25-12-7-19(27)15-29-25;23-15-2-6-20(29-26-9-10-27-29)18(11-15)22(30)28-17-4-1-14(19(28)7-5-17)13-31-21-8-3-16(24)12-25-21/h2-7,9,12,14-16,20,22,25H,8,10-11,13,17H2,1H3;2,4,7,9-15,19,21,24H,3,5-6,8,16H2,1H3;2-5,7,10,12-15,18,20,24H,6,8-9,11,16H2,1H3;2-3,6,8-12,14,17,19H,1,4-5,7,13H2/t20-,22-,25?;19-,21-,24?;18-,20-,24?;14-,17-,19?/m1111/s1. The first-order valence-corrected chi connectivity index (χ1v) is 44.0. The Morgan fingerprint density at radius 2 is 0.654 bits per heavy atom. The van der Waals surface area contributed by atoms with Crippen LogP contribution < -0.4 is 18.9 Å². The normalized spacial score (nSPS) is 22.2. The van der Waals surface area contributed by atoms with Gasteiger partial charge in [-0.1, -0.05) is 89.5 Å². The van der Waals surface area contributed by atoms with E-state index in [-0.39, 0.29) is 119 Å². The van der Waals surface area contributed by atoms with Gasteiger partial charge in [0, 0.05) is 137 Å². The van der Waals surface area contributed by atoms with Crippen molar-refractivity contribution < 1.29 is 60.1 Å². The number of halogens is 5. The first-order valence-electron chi connectivity index (χ1n) is 44.0. The second-order valence-electron chi connectivity index (χ2n) is 34.3. The summed E-state index contributed by atoms with van der Waals surface area (Å²) in [7, 11) is 0. The van der Waals surface area contributed by atoms with Gasteiger partial charge in [0.25, 0.3) is 23.6 Å². The Hall–Kier alpha value is -13.1. The third kappa shape index (κ3) is 19.6. The summed E-state index contributed by atoms with van der Waals surface area (Å²) < 4.78 is 89.9. The fourth-order valence-electron chi connectivity index (χ4n) is 20.3. The van der Waals surface area contributed by atoms with Crippen LogP contribution in [0, 0.1) is 73.5 Å². The van der Waals surface area contributed by atoms with Crippen molar-refractivity contribution in [3.8, 4) is 62.7 Å². The lowest BCUT2D eigenvalue weighted by Gasteiger charge is -2.40. The van der Waals surface area contributed by atoms with Gasteiger partial charge in [0.1, 0.15) is 29.1 Å². The minimum atomic E-state index is -0.481. The lowest BCUT2D eigenvalue weighted by molar-refractivity contribution is 0.0395. The van der Waals surface area contributed by atoms with Gasteiger partial charge in [-0.25, -0.2) is 41.9 Å². The van der Waals surface area contributed by atoms with Gasteiger partial charge in [0.2, 0.25) is 23.5 Å². The summed E-state index contributed by atoms with van der Waals surface area (Å²) in [5.41, 5.74) is 11.8. The van der Waals surface area contributed by atoms with Gasteiger partial charge < -0.3 is 38.5 Å². The molecule has 5 aromatic carbocycles. The van der Waals surface area contributed by atoms with Crippen LogP contribution in [0.4, 0.5) is 22.0 Å². The summed E-state index contributed by atoms with van der Waals surface area (Å²) in [5.74, 6) is 0.477. The fraction of sp³-hybridized carbons (Fsp3) is 0.347. The van der Waals surface area contributed by atoms with E-state index < -0.39 is 11.6 Å². The number of aryl methyl sites for hydroxylation is 3. The minimum absolute atomic E-state index is 0.00611. The average Bonchev–Trinajstić information content (AvgIpc) is 1.76. The molecular formula is C101H100F5N13O8. The quantitative estimate of drug-likeness (QED) is 0.0646. The number of ether oxygens (including phenoxy) is 4. The second kappa shape index (κ2) is 39.2. The van der Waals surface area contributed by atoms with Gasteiger partial charge in [-0.2, -0.15) is 15.0 Å². The molecule has 8 aliphatic heterocycles. The predicted octanol–water partition coefficient (Wildman–Crippen LogP) is 19.2. The first-order chi connectivity index (χ1) is 61.9. The molecule has 7 aromatic heterocycles. The summed E-state index contributed by atoms with van der Waals surface area (Å²) in [6, 6.07) is 55.0. The van der Waals surface area contributed by atoms with Crippen LogP contribution in [0.2, 0.25) is 0 Å². The highest BCUT2D eigenvalue weighted by molar-refractivity contribution is 6.04. The summed E-state index contributed by atoms with van der Waals surface area (Å²) in [6.07, 6.45) is 28.5. The number of carbonyl (C=O) groups excluding carboxylic acids is 4. The number of fused-ring (bicyclic) bond motifs is 8. The molecule has 20 rings (SSSR count). The fourth-order valence-corrected chi connectivity index (χ4v) is 20.3. The van der Waals surface area contributed by atoms with Gasteiger partial charge in [-0.15, -0.1) is 0 Å². The number of hydrogen-bond donors (Lipinski definition) is 0. The lowest BCUT2D eigenvalue weighted by Crippen LogP contribution is -2.49. The van der Waals surface area contributed by atoms with E-state index in [9.17, 15) is 41.1 Å². The molecule has 0 N–H and O–H groups in total. The Kier molecular flexibility index (Phi) is 26.5. The number of piperidine rings is 4. The molecule has 0 aliphatic carbocycles. The van der Waals surface area contributed by atoms with Gasteiger partial charge in [-0.3, -0.25) is 29.1 Å². The molecule has 15 heterocycles. The first kappa shape index (κ1) is 86.0. The van der Waals surface area contributed by atoms with Crippen molar-refractivity contribution in [2.75, 3.05) is 26.4 Å². The molecule has 21 nitrogen and oxygen atoms in total. The van der Waals surface area contributed by atoms with E-state index in [1.165, 1.54) is 71.9 Å².